The minimum absolute atomic E-state index is 0.148. The Hall–Kier alpha value is -2.12. The van der Waals surface area contributed by atoms with E-state index in [1.54, 1.807) is 17.6 Å². The van der Waals surface area contributed by atoms with Crippen molar-refractivity contribution in [2.24, 2.45) is 12.1 Å². The van der Waals surface area contributed by atoms with E-state index in [1.807, 2.05) is 53.4 Å². The van der Waals surface area contributed by atoms with E-state index in [2.05, 4.69) is 15.5 Å². The van der Waals surface area contributed by atoms with Crippen LogP contribution in [0.3, 0.4) is 0 Å². The molecule has 0 spiro atoms. The predicted molar refractivity (Wildman–Crippen MR) is 91.5 cm³/mol. The maximum Gasteiger partial charge on any atom is 0.250 e. The lowest BCUT2D eigenvalue weighted by Crippen LogP contribution is -2.19. The average molecular weight is 330 g/mol. The third-order valence-electron chi connectivity index (χ3n) is 3.00. The van der Waals surface area contributed by atoms with Crippen molar-refractivity contribution in [3.63, 3.8) is 0 Å². The quantitative estimate of drug-likeness (QED) is 0.444. The molecule has 0 aliphatic rings. The SMILES string of the molecule is Cn1c(SCC(=O)N/N=C\c2cccs2)nc2ccccc21. The summed E-state index contributed by atoms with van der Waals surface area (Å²) in [7, 11) is 1.95. The zero-order valence-corrected chi connectivity index (χ0v) is 13.5. The molecule has 1 N–H and O–H groups in total. The van der Waals surface area contributed by atoms with Crippen LogP contribution in [0.1, 0.15) is 4.88 Å². The first-order valence-corrected chi connectivity index (χ1v) is 8.50. The van der Waals surface area contributed by atoms with Crippen molar-refractivity contribution >= 4 is 46.3 Å². The van der Waals surface area contributed by atoms with Crippen LogP contribution in [0, 0.1) is 0 Å². The highest BCUT2D eigenvalue weighted by Crippen LogP contribution is 2.22. The Morgan fingerprint density at radius 2 is 2.27 bits per heavy atom. The van der Waals surface area contributed by atoms with Gasteiger partial charge in [-0.15, -0.1) is 11.3 Å². The molecule has 3 rings (SSSR count). The predicted octanol–water partition coefficient (Wildman–Crippen LogP) is 2.88. The van der Waals surface area contributed by atoms with Crippen LogP contribution in [-0.4, -0.2) is 27.4 Å². The van der Waals surface area contributed by atoms with E-state index in [0.29, 0.717) is 0 Å². The number of amides is 1. The van der Waals surface area contributed by atoms with Crippen molar-refractivity contribution in [1.82, 2.24) is 15.0 Å². The highest BCUT2D eigenvalue weighted by Gasteiger charge is 2.09. The molecule has 1 amide bonds. The highest BCUT2D eigenvalue weighted by molar-refractivity contribution is 7.99. The Morgan fingerprint density at radius 3 is 3.05 bits per heavy atom. The third kappa shape index (κ3) is 3.37. The number of hydrazone groups is 1. The Bertz CT molecular complexity index is 808. The van der Waals surface area contributed by atoms with Gasteiger partial charge in [0.2, 0.25) is 0 Å². The molecule has 0 saturated heterocycles. The molecule has 0 aliphatic carbocycles. The number of benzene rings is 1. The van der Waals surface area contributed by atoms with Gasteiger partial charge in [0, 0.05) is 11.9 Å². The van der Waals surface area contributed by atoms with Crippen molar-refractivity contribution in [3.05, 3.63) is 46.7 Å². The van der Waals surface area contributed by atoms with Crippen molar-refractivity contribution < 1.29 is 4.79 Å². The van der Waals surface area contributed by atoms with Crippen LogP contribution in [0.5, 0.6) is 0 Å². The molecule has 22 heavy (non-hydrogen) atoms. The van der Waals surface area contributed by atoms with Gasteiger partial charge in [0.25, 0.3) is 5.91 Å². The van der Waals surface area contributed by atoms with E-state index in [-0.39, 0.29) is 11.7 Å². The first-order chi connectivity index (χ1) is 10.7. The smallest absolute Gasteiger partial charge is 0.250 e. The van der Waals surface area contributed by atoms with E-state index in [1.165, 1.54) is 11.8 Å². The molecule has 0 atom stereocenters. The summed E-state index contributed by atoms with van der Waals surface area (Å²) in [6.07, 6.45) is 1.64. The molecule has 112 valence electrons. The summed E-state index contributed by atoms with van der Waals surface area (Å²) in [6.45, 7) is 0. The topological polar surface area (TPSA) is 59.3 Å². The van der Waals surface area contributed by atoms with Crippen LogP contribution in [0.25, 0.3) is 11.0 Å². The van der Waals surface area contributed by atoms with Crippen LogP contribution >= 0.6 is 23.1 Å². The van der Waals surface area contributed by atoms with E-state index >= 15 is 0 Å². The minimum atomic E-state index is -0.148. The maximum absolute atomic E-state index is 11.8. The molecular weight excluding hydrogens is 316 g/mol. The summed E-state index contributed by atoms with van der Waals surface area (Å²) in [4.78, 5) is 17.3. The normalized spacial score (nSPS) is 11.3. The number of aryl methyl sites for hydroxylation is 1. The molecule has 3 aromatic rings. The monoisotopic (exact) mass is 330 g/mol. The molecule has 2 aromatic heterocycles. The summed E-state index contributed by atoms with van der Waals surface area (Å²) in [5, 5.41) is 6.72. The van der Waals surface area contributed by atoms with E-state index in [4.69, 9.17) is 0 Å². The Kier molecular flexibility index (Phi) is 4.55. The number of rotatable bonds is 5. The number of nitrogens with zero attached hydrogens (tertiary/aromatic N) is 3. The van der Waals surface area contributed by atoms with Gasteiger partial charge >= 0.3 is 0 Å². The first kappa shape index (κ1) is 14.8. The number of carbonyl (C=O) groups excluding carboxylic acids is 1. The van der Waals surface area contributed by atoms with Gasteiger partial charge in [-0.05, 0) is 23.6 Å². The van der Waals surface area contributed by atoms with Crippen LogP contribution in [0.4, 0.5) is 0 Å². The second kappa shape index (κ2) is 6.76. The zero-order chi connectivity index (χ0) is 15.4. The van der Waals surface area contributed by atoms with Gasteiger partial charge in [0.1, 0.15) is 0 Å². The summed E-state index contributed by atoms with van der Waals surface area (Å²) >= 11 is 2.97. The van der Waals surface area contributed by atoms with Crippen molar-refractivity contribution in [2.75, 3.05) is 5.75 Å². The Balaban J connectivity index is 1.57. The van der Waals surface area contributed by atoms with Crippen LogP contribution in [0.2, 0.25) is 0 Å². The molecule has 5 nitrogen and oxygen atoms in total. The zero-order valence-electron chi connectivity index (χ0n) is 11.9. The molecule has 0 aliphatic heterocycles. The van der Waals surface area contributed by atoms with Crippen LogP contribution in [0.15, 0.2) is 52.0 Å². The van der Waals surface area contributed by atoms with Crippen LogP contribution < -0.4 is 5.43 Å². The standard InChI is InChI=1S/C15H14N4OS2/c1-19-13-7-3-2-6-12(13)17-15(19)22-10-14(20)18-16-9-11-5-4-8-21-11/h2-9H,10H2,1H3,(H,18,20)/b16-9-. The molecule has 2 heterocycles. The number of hydrogen-bond donors (Lipinski definition) is 1. The number of para-hydroxylation sites is 2. The lowest BCUT2D eigenvalue weighted by atomic mass is 10.3. The largest absolute Gasteiger partial charge is 0.322 e. The first-order valence-electron chi connectivity index (χ1n) is 6.64. The van der Waals surface area contributed by atoms with Gasteiger partial charge in [-0.25, -0.2) is 10.4 Å². The summed E-state index contributed by atoms with van der Waals surface area (Å²) in [6, 6.07) is 11.8. The molecule has 0 bridgehead atoms. The van der Waals surface area contributed by atoms with Gasteiger partial charge in [0.15, 0.2) is 5.16 Å². The number of thioether (sulfide) groups is 1. The summed E-state index contributed by atoms with van der Waals surface area (Å²) < 4.78 is 1.99. The number of thiophene rings is 1. The average Bonchev–Trinajstić information content (AvgIpc) is 3.14. The number of fused-ring (bicyclic) bond motifs is 1. The van der Waals surface area contributed by atoms with Gasteiger partial charge in [0.05, 0.1) is 23.0 Å². The lowest BCUT2D eigenvalue weighted by Gasteiger charge is -2.01. The highest BCUT2D eigenvalue weighted by atomic mass is 32.2. The Morgan fingerprint density at radius 1 is 1.41 bits per heavy atom. The fourth-order valence-corrected chi connectivity index (χ4v) is 3.31. The van der Waals surface area contributed by atoms with E-state index < -0.39 is 0 Å². The van der Waals surface area contributed by atoms with Gasteiger partial charge in [-0.3, -0.25) is 4.79 Å². The summed E-state index contributed by atoms with van der Waals surface area (Å²) in [5.41, 5.74) is 4.51. The summed E-state index contributed by atoms with van der Waals surface area (Å²) in [5.74, 6) is 0.128. The molecule has 0 radical (unpaired) electrons. The third-order valence-corrected chi connectivity index (χ3v) is 4.84. The number of hydrogen-bond acceptors (Lipinski definition) is 5. The van der Waals surface area contributed by atoms with Gasteiger partial charge in [-0.1, -0.05) is 30.0 Å². The van der Waals surface area contributed by atoms with Crippen LogP contribution in [-0.2, 0) is 11.8 Å². The molecule has 0 fully saturated rings. The molecule has 7 heteroatoms. The fourth-order valence-electron chi connectivity index (χ4n) is 1.95. The van der Waals surface area contributed by atoms with E-state index in [0.717, 1.165) is 21.1 Å². The van der Waals surface area contributed by atoms with E-state index in [9.17, 15) is 4.79 Å². The molecule has 1 aromatic carbocycles. The number of carbonyl (C=O) groups is 1. The molecule has 0 saturated carbocycles. The van der Waals surface area contributed by atoms with Gasteiger partial charge in [-0.2, -0.15) is 5.10 Å². The Labute approximate surface area is 136 Å². The fraction of sp³-hybridized carbons (Fsp3) is 0.133. The molecule has 0 unspecified atom stereocenters. The minimum Gasteiger partial charge on any atom is -0.322 e. The van der Waals surface area contributed by atoms with Crippen molar-refractivity contribution in [1.29, 1.82) is 0 Å². The number of nitrogens with one attached hydrogen (secondary N) is 1. The van der Waals surface area contributed by atoms with Gasteiger partial charge < -0.3 is 4.57 Å². The second-order valence-electron chi connectivity index (χ2n) is 4.54. The second-order valence-corrected chi connectivity index (χ2v) is 6.46. The van der Waals surface area contributed by atoms with Crippen molar-refractivity contribution in [2.45, 2.75) is 5.16 Å². The number of aromatic nitrogens is 2. The maximum atomic E-state index is 11.8. The lowest BCUT2D eigenvalue weighted by molar-refractivity contribution is -0.118. The van der Waals surface area contributed by atoms with Crippen molar-refractivity contribution in [3.8, 4) is 0 Å². The number of imidazole rings is 1. The molecular formula is C15H14N4OS2.